The summed E-state index contributed by atoms with van der Waals surface area (Å²) < 4.78 is 15.3. The number of benzene rings is 2. The maximum Gasteiger partial charge on any atom is 0.337 e. The topological polar surface area (TPSA) is 94.2 Å². The number of hydrogen-bond donors (Lipinski definition) is 1. The third-order valence-corrected chi connectivity index (χ3v) is 5.01. The van der Waals surface area contributed by atoms with Gasteiger partial charge in [0.25, 0.3) is 0 Å². The van der Waals surface area contributed by atoms with Crippen LogP contribution in [-0.4, -0.2) is 38.2 Å². The highest BCUT2D eigenvalue weighted by Gasteiger charge is 2.35. The summed E-state index contributed by atoms with van der Waals surface area (Å²) in [6, 6.07) is 12.1. The smallest absolute Gasteiger partial charge is 0.337 e. The summed E-state index contributed by atoms with van der Waals surface area (Å²) in [5.41, 5.74) is 1.99. The number of esters is 1. The van der Waals surface area contributed by atoms with E-state index in [1.54, 1.807) is 47.4 Å². The zero-order valence-corrected chi connectivity index (χ0v) is 15.8. The van der Waals surface area contributed by atoms with E-state index in [0.29, 0.717) is 35.8 Å². The summed E-state index contributed by atoms with van der Waals surface area (Å²) in [5.74, 6) is 0.118. The van der Waals surface area contributed by atoms with Crippen LogP contribution in [0.4, 0.5) is 5.69 Å². The van der Waals surface area contributed by atoms with Crippen LogP contribution in [0.1, 0.15) is 22.3 Å². The SMILES string of the molecule is COC(=O)c1ccc(CNC(=O)C2CC(=O)N(c3ccc4c(c3)OCO4)C2)cc1. The van der Waals surface area contributed by atoms with Crippen LogP contribution in [0.15, 0.2) is 42.5 Å². The average Bonchev–Trinajstić information content (AvgIpc) is 3.37. The highest BCUT2D eigenvalue weighted by molar-refractivity contribution is 6.00. The number of amides is 2. The highest BCUT2D eigenvalue weighted by Crippen LogP contribution is 2.37. The molecule has 4 rings (SSSR count). The Labute approximate surface area is 167 Å². The molecule has 8 heteroatoms. The Hall–Kier alpha value is -3.55. The molecule has 2 aromatic rings. The second kappa shape index (κ2) is 7.83. The minimum atomic E-state index is -0.428. The molecule has 1 N–H and O–H groups in total. The van der Waals surface area contributed by atoms with E-state index in [1.165, 1.54) is 7.11 Å². The number of anilines is 1. The molecule has 2 aliphatic rings. The lowest BCUT2D eigenvalue weighted by atomic mass is 10.1. The zero-order chi connectivity index (χ0) is 20.4. The molecule has 0 spiro atoms. The molecule has 0 aliphatic carbocycles. The van der Waals surface area contributed by atoms with Gasteiger partial charge in [-0.2, -0.15) is 0 Å². The molecule has 1 atom stereocenters. The Balaban J connectivity index is 1.35. The minimum Gasteiger partial charge on any atom is -0.465 e. The monoisotopic (exact) mass is 396 g/mol. The molecule has 0 bridgehead atoms. The van der Waals surface area contributed by atoms with E-state index in [-0.39, 0.29) is 25.0 Å². The number of nitrogens with zero attached hydrogens (tertiary/aromatic N) is 1. The van der Waals surface area contributed by atoms with Gasteiger partial charge < -0.3 is 24.4 Å². The number of fused-ring (bicyclic) bond motifs is 1. The lowest BCUT2D eigenvalue weighted by Gasteiger charge is -2.17. The van der Waals surface area contributed by atoms with Crippen molar-refractivity contribution in [3.05, 3.63) is 53.6 Å². The summed E-state index contributed by atoms with van der Waals surface area (Å²) in [6.07, 6.45) is 0.154. The Bertz CT molecular complexity index is 956. The Morgan fingerprint density at radius 2 is 1.90 bits per heavy atom. The van der Waals surface area contributed by atoms with Crippen LogP contribution in [0.25, 0.3) is 0 Å². The summed E-state index contributed by atoms with van der Waals surface area (Å²) >= 11 is 0. The second-order valence-electron chi connectivity index (χ2n) is 6.85. The van der Waals surface area contributed by atoms with Crippen molar-refractivity contribution in [1.82, 2.24) is 5.32 Å². The normalized spacial score (nSPS) is 17.3. The van der Waals surface area contributed by atoms with Crippen molar-refractivity contribution >= 4 is 23.5 Å². The fourth-order valence-electron chi connectivity index (χ4n) is 3.40. The standard InChI is InChI=1S/C21H20N2O6/c1-27-21(26)14-4-2-13(3-5-14)10-22-20(25)15-8-19(24)23(11-15)16-6-7-17-18(9-16)29-12-28-17/h2-7,9,15H,8,10-12H2,1H3,(H,22,25). The molecule has 150 valence electrons. The molecule has 29 heavy (non-hydrogen) atoms. The van der Waals surface area contributed by atoms with E-state index in [0.717, 1.165) is 5.56 Å². The Kier molecular flexibility index (Phi) is 5.07. The van der Waals surface area contributed by atoms with Gasteiger partial charge in [0.15, 0.2) is 11.5 Å². The highest BCUT2D eigenvalue weighted by atomic mass is 16.7. The van der Waals surface area contributed by atoms with Crippen molar-refractivity contribution in [3.63, 3.8) is 0 Å². The number of ether oxygens (including phenoxy) is 3. The number of rotatable bonds is 5. The van der Waals surface area contributed by atoms with Crippen molar-refractivity contribution in [3.8, 4) is 11.5 Å². The molecule has 2 heterocycles. The second-order valence-corrected chi connectivity index (χ2v) is 6.85. The van der Waals surface area contributed by atoms with Crippen LogP contribution < -0.4 is 19.7 Å². The van der Waals surface area contributed by atoms with Crippen LogP contribution in [-0.2, 0) is 20.9 Å². The summed E-state index contributed by atoms with van der Waals surface area (Å²) in [7, 11) is 1.33. The lowest BCUT2D eigenvalue weighted by Crippen LogP contribution is -2.32. The van der Waals surface area contributed by atoms with Crippen molar-refractivity contribution in [1.29, 1.82) is 0 Å². The molecule has 2 amide bonds. The maximum atomic E-state index is 12.5. The Morgan fingerprint density at radius 3 is 2.66 bits per heavy atom. The van der Waals surface area contributed by atoms with Crippen molar-refractivity contribution < 1.29 is 28.6 Å². The average molecular weight is 396 g/mol. The first kappa shape index (κ1) is 18.8. The molecule has 0 saturated carbocycles. The van der Waals surface area contributed by atoms with Gasteiger partial charge in [-0.25, -0.2) is 4.79 Å². The molecule has 2 aromatic carbocycles. The van der Waals surface area contributed by atoms with Crippen LogP contribution in [0.3, 0.4) is 0 Å². The van der Waals surface area contributed by atoms with E-state index >= 15 is 0 Å². The molecule has 1 fully saturated rings. The Morgan fingerprint density at radius 1 is 1.14 bits per heavy atom. The maximum absolute atomic E-state index is 12.5. The van der Waals surface area contributed by atoms with Crippen LogP contribution in [0.5, 0.6) is 11.5 Å². The van der Waals surface area contributed by atoms with Crippen LogP contribution in [0.2, 0.25) is 0 Å². The van der Waals surface area contributed by atoms with Gasteiger partial charge in [0.1, 0.15) is 0 Å². The fraction of sp³-hybridized carbons (Fsp3) is 0.286. The largest absolute Gasteiger partial charge is 0.465 e. The van der Waals surface area contributed by atoms with Crippen LogP contribution in [0, 0.1) is 5.92 Å². The van der Waals surface area contributed by atoms with E-state index in [9.17, 15) is 14.4 Å². The van der Waals surface area contributed by atoms with Crippen LogP contribution >= 0.6 is 0 Å². The van der Waals surface area contributed by atoms with E-state index in [2.05, 4.69) is 10.1 Å². The summed E-state index contributed by atoms with van der Waals surface area (Å²) in [5, 5.41) is 2.86. The van der Waals surface area contributed by atoms with Gasteiger partial charge in [-0.3, -0.25) is 9.59 Å². The molecule has 0 radical (unpaired) electrons. The van der Waals surface area contributed by atoms with Crippen molar-refractivity contribution in [2.75, 3.05) is 25.3 Å². The molecule has 1 saturated heterocycles. The first-order valence-corrected chi connectivity index (χ1v) is 9.20. The van der Waals surface area contributed by atoms with Gasteiger partial charge in [-0.05, 0) is 29.8 Å². The number of methoxy groups -OCH3 is 1. The minimum absolute atomic E-state index is 0.105. The first-order chi connectivity index (χ1) is 14.0. The molecule has 2 aliphatic heterocycles. The third kappa shape index (κ3) is 3.87. The van der Waals surface area contributed by atoms with Gasteiger partial charge in [-0.1, -0.05) is 12.1 Å². The molecule has 0 aromatic heterocycles. The third-order valence-electron chi connectivity index (χ3n) is 5.01. The predicted octanol–water partition coefficient (Wildman–Crippen LogP) is 1.87. The van der Waals surface area contributed by atoms with E-state index in [1.807, 2.05) is 0 Å². The number of nitrogens with one attached hydrogen (secondary N) is 1. The van der Waals surface area contributed by atoms with Gasteiger partial charge in [0, 0.05) is 31.3 Å². The molecule has 1 unspecified atom stereocenters. The lowest BCUT2D eigenvalue weighted by molar-refractivity contribution is -0.126. The first-order valence-electron chi connectivity index (χ1n) is 9.20. The number of carbonyl (C=O) groups is 3. The van der Waals surface area contributed by atoms with E-state index < -0.39 is 11.9 Å². The van der Waals surface area contributed by atoms with Gasteiger partial charge in [-0.15, -0.1) is 0 Å². The molecular weight excluding hydrogens is 376 g/mol. The fourth-order valence-corrected chi connectivity index (χ4v) is 3.40. The zero-order valence-electron chi connectivity index (χ0n) is 15.8. The van der Waals surface area contributed by atoms with Gasteiger partial charge >= 0.3 is 5.97 Å². The quantitative estimate of drug-likeness (QED) is 0.776. The predicted molar refractivity (Wildman–Crippen MR) is 103 cm³/mol. The van der Waals surface area contributed by atoms with Gasteiger partial charge in [0.05, 0.1) is 18.6 Å². The summed E-state index contributed by atoms with van der Waals surface area (Å²) in [6.45, 7) is 0.791. The summed E-state index contributed by atoms with van der Waals surface area (Å²) in [4.78, 5) is 38.0. The molecular formula is C21H20N2O6. The van der Waals surface area contributed by atoms with E-state index in [4.69, 9.17) is 9.47 Å². The number of hydrogen-bond acceptors (Lipinski definition) is 6. The number of carbonyl (C=O) groups excluding carboxylic acids is 3. The van der Waals surface area contributed by atoms with Crippen molar-refractivity contribution in [2.24, 2.45) is 5.92 Å². The van der Waals surface area contributed by atoms with Crippen molar-refractivity contribution in [2.45, 2.75) is 13.0 Å². The molecule has 8 nitrogen and oxygen atoms in total. The van der Waals surface area contributed by atoms with Gasteiger partial charge in [0.2, 0.25) is 18.6 Å².